The maximum atomic E-state index is 16.9. The number of pyridine rings is 1. The Morgan fingerprint density at radius 3 is 2.32 bits per heavy atom. The Hall–Kier alpha value is -4.26. The Labute approximate surface area is 287 Å². The van der Waals surface area contributed by atoms with Crippen molar-refractivity contribution < 1.29 is 31.8 Å². The summed E-state index contributed by atoms with van der Waals surface area (Å²) >= 11 is 0. The van der Waals surface area contributed by atoms with Gasteiger partial charge in [0.15, 0.2) is 5.82 Å². The van der Waals surface area contributed by atoms with E-state index in [1.165, 1.54) is 18.3 Å². The van der Waals surface area contributed by atoms with Crippen molar-refractivity contribution in [3.63, 3.8) is 0 Å². The molecule has 2 aromatic carbocycles. The second-order valence-electron chi connectivity index (χ2n) is 15.1. The van der Waals surface area contributed by atoms with E-state index in [9.17, 15) is 18.0 Å². The lowest BCUT2D eigenvalue weighted by atomic mass is 9.95. The van der Waals surface area contributed by atoms with Crippen LogP contribution in [0.15, 0.2) is 42.6 Å². The van der Waals surface area contributed by atoms with Gasteiger partial charge in [-0.2, -0.15) is 23.1 Å². The van der Waals surface area contributed by atoms with Gasteiger partial charge in [0.05, 0.1) is 28.6 Å². The summed E-state index contributed by atoms with van der Waals surface area (Å²) in [6, 6.07) is 8.25. The third kappa shape index (κ3) is 5.67. The number of anilines is 1. The highest BCUT2D eigenvalue weighted by Crippen LogP contribution is 2.43. The summed E-state index contributed by atoms with van der Waals surface area (Å²) in [5, 5.41) is 0.512. The van der Waals surface area contributed by atoms with Crippen LogP contribution in [0.3, 0.4) is 0 Å². The van der Waals surface area contributed by atoms with Crippen LogP contribution >= 0.6 is 0 Å². The van der Waals surface area contributed by atoms with Crippen LogP contribution in [0.5, 0.6) is 6.01 Å². The molecule has 4 aliphatic heterocycles. The van der Waals surface area contributed by atoms with E-state index >= 15 is 4.39 Å². The number of rotatable bonds is 5. The van der Waals surface area contributed by atoms with Crippen LogP contribution in [0.2, 0.25) is 0 Å². The van der Waals surface area contributed by atoms with Gasteiger partial charge >= 0.3 is 18.3 Å². The summed E-state index contributed by atoms with van der Waals surface area (Å²) in [6.45, 7) is 8.75. The summed E-state index contributed by atoms with van der Waals surface area (Å²) < 4.78 is 71.6. The molecular formula is C37H40F4N6O3. The van der Waals surface area contributed by atoms with Crippen LogP contribution in [0.25, 0.3) is 32.9 Å². The second-order valence-corrected chi connectivity index (χ2v) is 15.1. The Balaban J connectivity index is 1.22. The zero-order valence-corrected chi connectivity index (χ0v) is 28.4. The Morgan fingerprint density at radius 1 is 0.980 bits per heavy atom. The highest BCUT2D eigenvalue weighted by atomic mass is 19.4. The fourth-order valence-electron chi connectivity index (χ4n) is 8.64. The summed E-state index contributed by atoms with van der Waals surface area (Å²) in [5.41, 5.74) is -1.91. The van der Waals surface area contributed by atoms with Crippen molar-refractivity contribution in [2.45, 2.75) is 88.7 Å². The highest BCUT2D eigenvalue weighted by Gasteiger charge is 2.47. The third-order valence-electron chi connectivity index (χ3n) is 10.8. The second kappa shape index (κ2) is 11.9. The average Bonchev–Trinajstić information content (AvgIpc) is 3.73. The number of amides is 1. The number of halogens is 4. The molecule has 4 saturated heterocycles. The number of nitrogens with zero attached hydrogens (tertiary/aromatic N) is 6. The predicted octanol–water partition coefficient (Wildman–Crippen LogP) is 7.60. The first-order chi connectivity index (χ1) is 23.8. The molecule has 2 atom stereocenters. The van der Waals surface area contributed by atoms with E-state index in [2.05, 4.69) is 14.9 Å². The summed E-state index contributed by atoms with van der Waals surface area (Å²) in [4.78, 5) is 33.3. The SMILES string of the molecule is CC(C)(C)OC(=O)N1[C@@H]2CC[C@H]1CN(c1nc(OCC34CCCN3CCC4)nc3c(F)c(-c4cccc5cccc(C(F)(F)F)c45)ncc13)C2. The zero-order valence-electron chi connectivity index (χ0n) is 28.4. The fraction of sp³-hybridized carbons (Fsp3) is 0.514. The lowest BCUT2D eigenvalue weighted by molar-refractivity contribution is -0.136. The molecule has 6 heterocycles. The molecule has 0 aliphatic carbocycles. The number of alkyl halides is 3. The molecule has 0 saturated carbocycles. The van der Waals surface area contributed by atoms with E-state index < -0.39 is 23.2 Å². The van der Waals surface area contributed by atoms with E-state index in [1.54, 1.807) is 18.2 Å². The topological polar surface area (TPSA) is 83.9 Å². The maximum absolute atomic E-state index is 16.9. The molecule has 50 heavy (non-hydrogen) atoms. The minimum atomic E-state index is -4.66. The predicted molar refractivity (Wildman–Crippen MR) is 181 cm³/mol. The largest absolute Gasteiger partial charge is 0.461 e. The van der Waals surface area contributed by atoms with Crippen molar-refractivity contribution in [1.29, 1.82) is 0 Å². The molecule has 0 N–H and O–H groups in total. The Bertz CT molecular complexity index is 1950. The first kappa shape index (κ1) is 32.9. The lowest BCUT2D eigenvalue weighted by Gasteiger charge is -2.42. The molecule has 0 radical (unpaired) electrons. The molecule has 4 fully saturated rings. The smallest absolute Gasteiger partial charge is 0.417 e. The molecule has 2 aromatic heterocycles. The van der Waals surface area contributed by atoms with Gasteiger partial charge in [0.2, 0.25) is 0 Å². The maximum Gasteiger partial charge on any atom is 0.417 e. The third-order valence-corrected chi connectivity index (χ3v) is 10.8. The van der Waals surface area contributed by atoms with Crippen LogP contribution in [0.1, 0.15) is 64.9 Å². The minimum absolute atomic E-state index is 0.00694. The Kier molecular flexibility index (Phi) is 7.85. The summed E-state index contributed by atoms with van der Waals surface area (Å²) in [5.74, 6) is -0.429. The molecule has 264 valence electrons. The number of ether oxygens (including phenoxy) is 2. The first-order valence-corrected chi connectivity index (χ1v) is 17.4. The van der Waals surface area contributed by atoms with Gasteiger partial charge in [-0.05, 0) is 83.8 Å². The molecule has 0 unspecified atom stereocenters. The number of hydrogen-bond donors (Lipinski definition) is 0. The van der Waals surface area contributed by atoms with E-state index in [0.717, 1.165) is 57.7 Å². The van der Waals surface area contributed by atoms with Gasteiger partial charge in [-0.15, -0.1) is 0 Å². The first-order valence-electron chi connectivity index (χ1n) is 17.4. The number of benzene rings is 2. The lowest BCUT2D eigenvalue weighted by Crippen LogP contribution is -2.57. The molecule has 8 rings (SSSR count). The van der Waals surface area contributed by atoms with Gasteiger partial charge in [0, 0.05) is 30.2 Å². The van der Waals surface area contributed by atoms with E-state index in [-0.39, 0.29) is 51.9 Å². The number of hydrogen-bond acceptors (Lipinski definition) is 8. The summed E-state index contributed by atoms with van der Waals surface area (Å²) in [6.07, 6.45) is 2.13. The Morgan fingerprint density at radius 2 is 1.66 bits per heavy atom. The van der Waals surface area contributed by atoms with Gasteiger partial charge in [0.25, 0.3) is 0 Å². The quantitative estimate of drug-likeness (QED) is 0.198. The van der Waals surface area contributed by atoms with Crippen molar-refractivity contribution >= 4 is 33.6 Å². The highest BCUT2D eigenvalue weighted by molar-refractivity contribution is 6.01. The van der Waals surface area contributed by atoms with Gasteiger partial charge in [-0.25, -0.2) is 9.18 Å². The number of carbonyl (C=O) groups is 1. The van der Waals surface area contributed by atoms with Crippen LogP contribution in [-0.2, 0) is 10.9 Å². The number of aromatic nitrogens is 3. The van der Waals surface area contributed by atoms with Crippen molar-refractivity contribution in [2.75, 3.05) is 37.7 Å². The number of fused-ring (bicyclic) bond motifs is 5. The van der Waals surface area contributed by atoms with Crippen LogP contribution in [-0.4, -0.2) is 86.9 Å². The van der Waals surface area contributed by atoms with Crippen molar-refractivity contribution in [1.82, 2.24) is 24.8 Å². The van der Waals surface area contributed by atoms with Gasteiger partial charge in [0.1, 0.15) is 29.2 Å². The molecule has 2 bridgehead atoms. The van der Waals surface area contributed by atoms with E-state index in [1.807, 2.05) is 30.6 Å². The zero-order chi connectivity index (χ0) is 35.0. The average molecular weight is 693 g/mol. The minimum Gasteiger partial charge on any atom is -0.461 e. The van der Waals surface area contributed by atoms with E-state index in [0.29, 0.717) is 36.3 Å². The number of piperazine rings is 1. The molecule has 4 aromatic rings. The normalized spacial score (nSPS) is 22.1. The molecule has 0 spiro atoms. The van der Waals surface area contributed by atoms with Crippen LogP contribution < -0.4 is 9.64 Å². The van der Waals surface area contributed by atoms with Gasteiger partial charge in [-0.3, -0.25) is 14.8 Å². The van der Waals surface area contributed by atoms with Crippen LogP contribution in [0, 0.1) is 5.82 Å². The van der Waals surface area contributed by atoms with Crippen molar-refractivity contribution in [3.05, 3.63) is 54.0 Å². The summed E-state index contributed by atoms with van der Waals surface area (Å²) in [7, 11) is 0. The monoisotopic (exact) mass is 692 g/mol. The van der Waals surface area contributed by atoms with E-state index in [4.69, 9.17) is 14.5 Å². The number of carbonyl (C=O) groups excluding carboxylic acids is 1. The van der Waals surface area contributed by atoms with Gasteiger partial charge < -0.3 is 14.4 Å². The molecular weight excluding hydrogens is 652 g/mol. The molecule has 4 aliphatic rings. The van der Waals surface area contributed by atoms with Crippen molar-refractivity contribution in [2.24, 2.45) is 0 Å². The van der Waals surface area contributed by atoms with Gasteiger partial charge in [-0.1, -0.05) is 30.3 Å². The van der Waals surface area contributed by atoms with Crippen molar-refractivity contribution in [3.8, 4) is 17.3 Å². The standard InChI is InChI=1S/C37H40F4N6O3/c1-35(2,3)50-34(48)47-23-12-13-24(47)20-45(19-23)32-26-18-42-30(25-10-4-8-22-9-5-11-27(28(22)25)37(39,40)41)29(38)31(26)43-33(44-32)49-21-36-14-6-16-46(36)17-7-15-36/h4-5,8-11,18,23-24H,6-7,12-17,19-21H2,1-3H3/t23-,24+. The van der Waals surface area contributed by atoms with Crippen LogP contribution in [0.4, 0.5) is 28.2 Å². The molecule has 13 heteroatoms. The molecule has 9 nitrogen and oxygen atoms in total. The fourth-order valence-corrected chi connectivity index (χ4v) is 8.64. The molecule has 1 amide bonds.